The summed E-state index contributed by atoms with van der Waals surface area (Å²) in [6, 6.07) is 7.67. The van der Waals surface area contributed by atoms with E-state index in [1.165, 1.54) is 0 Å². The molecule has 2 fully saturated rings. The van der Waals surface area contributed by atoms with Gasteiger partial charge >= 0.3 is 0 Å². The third-order valence-corrected chi connectivity index (χ3v) is 6.76. The number of ether oxygens (including phenoxy) is 1. The van der Waals surface area contributed by atoms with Crippen LogP contribution in [0.4, 0.5) is 5.69 Å². The van der Waals surface area contributed by atoms with Crippen LogP contribution in [0.2, 0.25) is 5.02 Å². The Labute approximate surface area is 149 Å². The SMILES string of the molecule is CC1CN(S(=O)(=O)N2CCN(c3ccccc3Cl)CC2)CC(C)O1. The summed E-state index contributed by atoms with van der Waals surface area (Å²) >= 11 is 6.24. The zero-order valence-electron chi connectivity index (χ0n) is 14.1. The van der Waals surface area contributed by atoms with Gasteiger partial charge in [0.15, 0.2) is 0 Å². The predicted octanol–water partition coefficient (Wildman–Crippen LogP) is 1.82. The van der Waals surface area contributed by atoms with Crippen molar-refractivity contribution in [2.45, 2.75) is 26.1 Å². The molecule has 2 saturated heterocycles. The van der Waals surface area contributed by atoms with E-state index in [0.29, 0.717) is 44.3 Å². The monoisotopic (exact) mass is 373 g/mol. The van der Waals surface area contributed by atoms with E-state index in [1.807, 2.05) is 38.1 Å². The summed E-state index contributed by atoms with van der Waals surface area (Å²) in [6.45, 7) is 6.86. The summed E-state index contributed by atoms with van der Waals surface area (Å²) in [7, 11) is -3.44. The molecule has 0 saturated carbocycles. The Morgan fingerprint density at radius 3 is 2.17 bits per heavy atom. The van der Waals surface area contributed by atoms with Crippen molar-refractivity contribution in [2.24, 2.45) is 0 Å². The molecule has 0 amide bonds. The van der Waals surface area contributed by atoms with E-state index in [-0.39, 0.29) is 12.2 Å². The number of para-hydroxylation sites is 1. The summed E-state index contributed by atoms with van der Waals surface area (Å²) in [5.41, 5.74) is 0.963. The first-order chi connectivity index (χ1) is 11.4. The van der Waals surface area contributed by atoms with E-state index in [1.54, 1.807) is 8.61 Å². The number of hydrogen-bond acceptors (Lipinski definition) is 4. The van der Waals surface area contributed by atoms with Crippen LogP contribution in [0.5, 0.6) is 0 Å². The molecule has 0 radical (unpaired) electrons. The molecule has 2 atom stereocenters. The molecule has 0 bridgehead atoms. The minimum Gasteiger partial charge on any atom is -0.373 e. The Bertz CT molecular complexity index is 667. The molecule has 8 heteroatoms. The highest BCUT2D eigenvalue weighted by molar-refractivity contribution is 7.86. The summed E-state index contributed by atoms with van der Waals surface area (Å²) in [5.74, 6) is 0. The van der Waals surface area contributed by atoms with Gasteiger partial charge in [-0.15, -0.1) is 0 Å². The highest BCUT2D eigenvalue weighted by atomic mass is 35.5. The van der Waals surface area contributed by atoms with E-state index < -0.39 is 10.2 Å². The quantitative estimate of drug-likeness (QED) is 0.811. The highest BCUT2D eigenvalue weighted by Gasteiger charge is 2.36. The van der Waals surface area contributed by atoms with Crippen molar-refractivity contribution < 1.29 is 13.2 Å². The Hall–Kier alpha value is -0.860. The smallest absolute Gasteiger partial charge is 0.282 e. The Morgan fingerprint density at radius 2 is 1.58 bits per heavy atom. The van der Waals surface area contributed by atoms with Gasteiger partial charge in [-0.1, -0.05) is 23.7 Å². The number of morpholine rings is 1. The number of piperazine rings is 1. The van der Waals surface area contributed by atoms with E-state index in [2.05, 4.69) is 4.90 Å². The fraction of sp³-hybridized carbons (Fsp3) is 0.625. The van der Waals surface area contributed by atoms with E-state index in [0.717, 1.165) is 5.69 Å². The van der Waals surface area contributed by atoms with Crippen LogP contribution < -0.4 is 4.90 Å². The molecule has 24 heavy (non-hydrogen) atoms. The largest absolute Gasteiger partial charge is 0.373 e. The second-order valence-electron chi connectivity index (χ2n) is 6.42. The summed E-state index contributed by atoms with van der Waals surface area (Å²) in [4.78, 5) is 2.14. The maximum absolute atomic E-state index is 12.9. The van der Waals surface area contributed by atoms with Crippen LogP contribution in [0.1, 0.15) is 13.8 Å². The molecule has 6 nitrogen and oxygen atoms in total. The van der Waals surface area contributed by atoms with Crippen molar-refractivity contribution in [1.82, 2.24) is 8.61 Å². The van der Waals surface area contributed by atoms with Crippen LogP contribution >= 0.6 is 11.6 Å². The normalized spacial score (nSPS) is 27.4. The average molecular weight is 374 g/mol. The van der Waals surface area contributed by atoms with Crippen molar-refractivity contribution in [3.63, 3.8) is 0 Å². The third kappa shape index (κ3) is 3.70. The van der Waals surface area contributed by atoms with E-state index in [9.17, 15) is 8.42 Å². The lowest BCUT2D eigenvalue weighted by Crippen LogP contribution is -2.57. The number of rotatable bonds is 3. The molecule has 0 aliphatic carbocycles. The molecule has 0 spiro atoms. The number of anilines is 1. The molecule has 2 aliphatic heterocycles. The van der Waals surface area contributed by atoms with Crippen LogP contribution in [0, 0.1) is 0 Å². The molecule has 2 unspecified atom stereocenters. The Morgan fingerprint density at radius 1 is 1.00 bits per heavy atom. The van der Waals surface area contributed by atoms with Crippen LogP contribution in [0.15, 0.2) is 24.3 Å². The number of nitrogens with zero attached hydrogens (tertiary/aromatic N) is 3. The molecule has 2 heterocycles. The van der Waals surface area contributed by atoms with Crippen molar-refractivity contribution in [3.05, 3.63) is 29.3 Å². The lowest BCUT2D eigenvalue weighted by Gasteiger charge is -2.40. The van der Waals surface area contributed by atoms with Crippen molar-refractivity contribution in [3.8, 4) is 0 Å². The predicted molar refractivity (Wildman–Crippen MR) is 95.7 cm³/mol. The lowest BCUT2D eigenvalue weighted by molar-refractivity contribution is -0.0455. The fourth-order valence-electron chi connectivity index (χ4n) is 3.35. The molecular formula is C16H24ClN3O3S. The number of halogens is 1. The molecule has 134 valence electrons. The lowest BCUT2D eigenvalue weighted by atomic mass is 10.2. The second-order valence-corrected chi connectivity index (χ2v) is 8.76. The van der Waals surface area contributed by atoms with Gasteiger partial charge in [-0.3, -0.25) is 0 Å². The van der Waals surface area contributed by atoms with Crippen LogP contribution in [0.25, 0.3) is 0 Å². The van der Waals surface area contributed by atoms with Crippen molar-refractivity contribution in [2.75, 3.05) is 44.2 Å². The first-order valence-electron chi connectivity index (χ1n) is 8.28. The van der Waals surface area contributed by atoms with Crippen LogP contribution in [-0.4, -0.2) is 68.5 Å². The summed E-state index contributed by atoms with van der Waals surface area (Å²) < 4.78 is 34.6. The molecular weight excluding hydrogens is 350 g/mol. The Balaban J connectivity index is 1.66. The first kappa shape index (κ1) is 17.9. The van der Waals surface area contributed by atoms with Gasteiger partial charge in [0.1, 0.15) is 0 Å². The van der Waals surface area contributed by atoms with Gasteiger partial charge in [0, 0.05) is 39.3 Å². The van der Waals surface area contributed by atoms with Gasteiger partial charge in [-0.05, 0) is 26.0 Å². The highest BCUT2D eigenvalue weighted by Crippen LogP contribution is 2.27. The van der Waals surface area contributed by atoms with Gasteiger partial charge in [-0.2, -0.15) is 17.0 Å². The topological polar surface area (TPSA) is 53.1 Å². The maximum atomic E-state index is 12.9. The first-order valence-corrected chi connectivity index (χ1v) is 10.1. The number of hydrogen-bond donors (Lipinski definition) is 0. The average Bonchev–Trinajstić information content (AvgIpc) is 2.54. The zero-order valence-corrected chi connectivity index (χ0v) is 15.6. The maximum Gasteiger partial charge on any atom is 0.282 e. The third-order valence-electron chi connectivity index (χ3n) is 4.47. The Kier molecular flexibility index (Phi) is 5.36. The molecule has 0 aromatic heterocycles. The van der Waals surface area contributed by atoms with Crippen LogP contribution in [0.3, 0.4) is 0 Å². The zero-order chi connectivity index (χ0) is 17.3. The van der Waals surface area contributed by atoms with Gasteiger partial charge in [-0.25, -0.2) is 0 Å². The minimum absolute atomic E-state index is 0.0760. The van der Waals surface area contributed by atoms with Crippen molar-refractivity contribution >= 4 is 27.5 Å². The summed E-state index contributed by atoms with van der Waals surface area (Å²) in [6.07, 6.45) is -0.152. The molecule has 2 aliphatic rings. The number of benzene rings is 1. The molecule has 1 aromatic rings. The van der Waals surface area contributed by atoms with Crippen LogP contribution in [-0.2, 0) is 14.9 Å². The van der Waals surface area contributed by atoms with Gasteiger partial charge in [0.2, 0.25) is 0 Å². The van der Waals surface area contributed by atoms with Gasteiger partial charge in [0.05, 0.1) is 22.9 Å². The minimum atomic E-state index is -3.44. The molecule has 0 N–H and O–H groups in total. The van der Waals surface area contributed by atoms with E-state index in [4.69, 9.17) is 16.3 Å². The van der Waals surface area contributed by atoms with Crippen molar-refractivity contribution in [1.29, 1.82) is 0 Å². The second kappa shape index (κ2) is 7.17. The standard InChI is InChI=1S/C16H24ClN3O3S/c1-13-11-20(12-14(2)23-13)24(21,22)19-9-7-18(8-10-19)16-6-4-3-5-15(16)17/h3-6,13-14H,7-12H2,1-2H3. The van der Waals surface area contributed by atoms with Gasteiger partial charge < -0.3 is 9.64 Å². The fourth-order valence-corrected chi connectivity index (χ4v) is 5.35. The van der Waals surface area contributed by atoms with E-state index >= 15 is 0 Å². The molecule has 1 aromatic carbocycles. The molecule has 3 rings (SSSR count). The summed E-state index contributed by atoms with van der Waals surface area (Å²) in [5, 5.41) is 0.699. The van der Waals surface area contributed by atoms with Gasteiger partial charge in [0.25, 0.3) is 10.2 Å².